The molecule has 0 aliphatic rings. The zero-order chi connectivity index (χ0) is 18.9. The first-order chi connectivity index (χ1) is 13.3. The molecule has 0 radical (unpaired) electrons. The lowest BCUT2D eigenvalue weighted by Gasteiger charge is -2.22. The lowest BCUT2D eigenvalue weighted by Crippen LogP contribution is -2.23. The van der Waals surface area contributed by atoms with E-state index in [2.05, 4.69) is 72.8 Å². The maximum atomic E-state index is 6.55. The summed E-state index contributed by atoms with van der Waals surface area (Å²) in [5.74, 6) is 1.31. The fourth-order valence-electron chi connectivity index (χ4n) is 3.72. The maximum Gasteiger partial charge on any atom is 0.122 e. The zero-order valence-corrected chi connectivity index (χ0v) is 16.1. The predicted octanol–water partition coefficient (Wildman–Crippen LogP) is 5.57. The predicted molar refractivity (Wildman–Crippen MR) is 113 cm³/mol. The van der Waals surface area contributed by atoms with Crippen molar-refractivity contribution in [2.45, 2.75) is 37.6 Å². The van der Waals surface area contributed by atoms with Gasteiger partial charge >= 0.3 is 0 Å². The van der Waals surface area contributed by atoms with Gasteiger partial charge in [0.1, 0.15) is 5.75 Å². The van der Waals surface area contributed by atoms with Crippen LogP contribution in [0.4, 0.5) is 0 Å². The summed E-state index contributed by atoms with van der Waals surface area (Å²) < 4.78 is 5.45. The van der Waals surface area contributed by atoms with Crippen molar-refractivity contribution in [2.24, 2.45) is 5.73 Å². The summed E-state index contributed by atoms with van der Waals surface area (Å²) >= 11 is 0. The molecule has 0 aliphatic heterocycles. The molecule has 1 atom stereocenters. The number of ether oxygens (including phenoxy) is 1. The number of methoxy groups -OCH3 is 1. The van der Waals surface area contributed by atoms with Gasteiger partial charge in [-0.3, -0.25) is 0 Å². The number of hydrogen-bond donors (Lipinski definition) is 1. The summed E-state index contributed by atoms with van der Waals surface area (Å²) in [5.41, 5.74) is 10.5. The van der Waals surface area contributed by atoms with Gasteiger partial charge in [-0.1, -0.05) is 78.9 Å². The van der Waals surface area contributed by atoms with E-state index < -0.39 is 0 Å². The number of nitrogens with two attached hydrogens (primary N) is 1. The van der Waals surface area contributed by atoms with Gasteiger partial charge in [-0.25, -0.2) is 0 Å². The molecule has 3 rings (SSSR count). The van der Waals surface area contributed by atoms with E-state index in [0.29, 0.717) is 5.92 Å². The molecule has 2 heteroatoms. The van der Waals surface area contributed by atoms with E-state index in [9.17, 15) is 0 Å². The van der Waals surface area contributed by atoms with Crippen LogP contribution in [0.15, 0.2) is 84.9 Å². The summed E-state index contributed by atoms with van der Waals surface area (Å²) in [7, 11) is 1.73. The van der Waals surface area contributed by atoms with Gasteiger partial charge in [0.05, 0.1) is 7.11 Å². The summed E-state index contributed by atoms with van der Waals surface area (Å²) in [6, 6.07) is 29.8. The minimum Gasteiger partial charge on any atom is -0.496 e. The number of para-hydroxylation sites is 1. The quantitative estimate of drug-likeness (QED) is 0.542. The first-order valence-corrected chi connectivity index (χ1v) is 9.75. The second-order valence-corrected chi connectivity index (χ2v) is 7.07. The van der Waals surface area contributed by atoms with E-state index in [1.54, 1.807) is 7.11 Å². The van der Waals surface area contributed by atoms with Crippen molar-refractivity contribution in [1.29, 1.82) is 0 Å². The SMILES string of the molecule is COc1ccccc1CCC[C@H](N)CC(c1ccccc1)c1ccccc1. The van der Waals surface area contributed by atoms with Gasteiger partial charge in [0, 0.05) is 12.0 Å². The molecule has 3 aromatic rings. The minimum atomic E-state index is 0.171. The smallest absolute Gasteiger partial charge is 0.122 e. The van der Waals surface area contributed by atoms with Crippen LogP contribution in [0, 0.1) is 0 Å². The Bertz CT molecular complexity index is 761. The van der Waals surface area contributed by atoms with Crippen molar-refractivity contribution in [3.63, 3.8) is 0 Å². The highest BCUT2D eigenvalue weighted by molar-refractivity contribution is 5.34. The van der Waals surface area contributed by atoms with Gasteiger partial charge in [0.25, 0.3) is 0 Å². The van der Waals surface area contributed by atoms with Crippen LogP contribution >= 0.6 is 0 Å². The Morgan fingerprint density at radius 1 is 0.778 bits per heavy atom. The summed E-state index contributed by atoms with van der Waals surface area (Å²) in [4.78, 5) is 0. The molecule has 0 aromatic heterocycles. The van der Waals surface area contributed by atoms with Gasteiger partial charge in [-0.05, 0) is 48.4 Å². The van der Waals surface area contributed by atoms with Crippen LogP contribution in [0.3, 0.4) is 0 Å². The number of aryl methyl sites for hydroxylation is 1. The molecule has 0 amide bonds. The molecule has 0 spiro atoms. The van der Waals surface area contributed by atoms with Crippen molar-refractivity contribution < 1.29 is 4.74 Å². The van der Waals surface area contributed by atoms with Crippen LogP contribution in [0.25, 0.3) is 0 Å². The number of hydrogen-bond acceptors (Lipinski definition) is 2. The molecule has 27 heavy (non-hydrogen) atoms. The van der Waals surface area contributed by atoms with E-state index in [1.165, 1.54) is 16.7 Å². The molecule has 0 unspecified atom stereocenters. The van der Waals surface area contributed by atoms with E-state index in [0.717, 1.165) is 31.4 Å². The van der Waals surface area contributed by atoms with E-state index in [1.807, 2.05) is 12.1 Å². The van der Waals surface area contributed by atoms with Crippen molar-refractivity contribution in [3.8, 4) is 5.75 Å². The Morgan fingerprint density at radius 3 is 1.93 bits per heavy atom. The molecule has 0 saturated carbocycles. The van der Waals surface area contributed by atoms with Crippen LogP contribution in [0.5, 0.6) is 5.75 Å². The third-order valence-corrected chi connectivity index (χ3v) is 5.16. The van der Waals surface area contributed by atoms with Gasteiger partial charge in [-0.15, -0.1) is 0 Å². The van der Waals surface area contributed by atoms with Crippen molar-refractivity contribution in [1.82, 2.24) is 0 Å². The molecule has 140 valence electrons. The van der Waals surface area contributed by atoms with Gasteiger partial charge in [-0.2, -0.15) is 0 Å². The molecular formula is C25H29NO. The highest BCUT2D eigenvalue weighted by atomic mass is 16.5. The summed E-state index contributed by atoms with van der Waals surface area (Å²) in [6.45, 7) is 0. The summed E-state index contributed by atoms with van der Waals surface area (Å²) in [6.07, 6.45) is 4.03. The molecule has 2 N–H and O–H groups in total. The third kappa shape index (κ3) is 5.45. The third-order valence-electron chi connectivity index (χ3n) is 5.16. The second kappa shape index (κ2) is 9.94. The molecule has 0 bridgehead atoms. The topological polar surface area (TPSA) is 35.2 Å². The second-order valence-electron chi connectivity index (χ2n) is 7.07. The molecule has 2 nitrogen and oxygen atoms in total. The van der Waals surface area contributed by atoms with E-state index in [-0.39, 0.29) is 6.04 Å². The Hall–Kier alpha value is -2.58. The van der Waals surface area contributed by atoms with Crippen LogP contribution in [0.2, 0.25) is 0 Å². The normalized spacial score (nSPS) is 12.1. The van der Waals surface area contributed by atoms with Gasteiger partial charge in [0.15, 0.2) is 0 Å². The lowest BCUT2D eigenvalue weighted by molar-refractivity contribution is 0.408. The Morgan fingerprint density at radius 2 is 1.33 bits per heavy atom. The van der Waals surface area contributed by atoms with Crippen molar-refractivity contribution >= 4 is 0 Å². The molecule has 0 heterocycles. The molecule has 3 aromatic carbocycles. The Balaban J connectivity index is 1.62. The standard InChI is InChI=1S/C25H29NO/c1-27-25-18-9-8-15-22(25)16-10-17-23(26)19-24(20-11-4-2-5-12-20)21-13-6-3-7-14-21/h2-9,11-15,18,23-24H,10,16-17,19,26H2,1H3/t23-/m0/s1. The molecular weight excluding hydrogens is 330 g/mol. The summed E-state index contributed by atoms with van der Waals surface area (Å²) in [5, 5.41) is 0. The van der Waals surface area contributed by atoms with Crippen molar-refractivity contribution in [2.75, 3.05) is 7.11 Å². The molecule has 0 saturated heterocycles. The fourth-order valence-corrected chi connectivity index (χ4v) is 3.72. The maximum absolute atomic E-state index is 6.55. The first kappa shape index (κ1) is 19.2. The van der Waals surface area contributed by atoms with Crippen LogP contribution in [-0.2, 0) is 6.42 Å². The average Bonchev–Trinajstić information content (AvgIpc) is 2.73. The Labute approximate surface area is 163 Å². The molecule has 0 fully saturated rings. The van der Waals surface area contributed by atoms with Gasteiger partial charge < -0.3 is 10.5 Å². The van der Waals surface area contributed by atoms with Crippen molar-refractivity contribution in [3.05, 3.63) is 102 Å². The lowest BCUT2D eigenvalue weighted by atomic mass is 9.85. The first-order valence-electron chi connectivity index (χ1n) is 9.75. The van der Waals surface area contributed by atoms with E-state index >= 15 is 0 Å². The highest BCUT2D eigenvalue weighted by Crippen LogP contribution is 2.30. The van der Waals surface area contributed by atoms with Crippen LogP contribution in [0.1, 0.15) is 41.9 Å². The highest BCUT2D eigenvalue weighted by Gasteiger charge is 2.17. The fraction of sp³-hybridized carbons (Fsp3) is 0.280. The largest absolute Gasteiger partial charge is 0.496 e. The number of benzene rings is 3. The average molecular weight is 360 g/mol. The number of rotatable bonds is 9. The minimum absolute atomic E-state index is 0.171. The van der Waals surface area contributed by atoms with Gasteiger partial charge in [0.2, 0.25) is 0 Å². The Kier molecular flexibility index (Phi) is 7.06. The van der Waals surface area contributed by atoms with Crippen LogP contribution < -0.4 is 10.5 Å². The molecule has 0 aliphatic carbocycles. The monoisotopic (exact) mass is 359 g/mol. The van der Waals surface area contributed by atoms with Crippen LogP contribution in [-0.4, -0.2) is 13.2 Å². The zero-order valence-electron chi connectivity index (χ0n) is 16.1. The van der Waals surface area contributed by atoms with E-state index in [4.69, 9.17) is 10.5 Å².